The van der Waals surface area contributed by atoms with E-state index in [1.165, 1.54) is 0 Å². The molecule has 0 aromatic carbocycles. The van der Waals surface area contributed by atoms with Crippen LogP contribution in [0.2, 0.25) is 0 Å². The summed E-state index contributed by atoms with van der Waals surface area (Å²) < 4.78 is 0. The number of nitrogens with one attached hydrogen (secondary N) is 3. The van der Waals surface area contributed by atoms with Crippen LogP contribution in [-0.4, -0.2) is 82.7 Å². The minimum Gasteiger partial charge on any atom is -0.481 e. The van der Waals surface area contributed by atoms with Gasteiger partial charge in [0, 0.05) is 13.3 Å². The van der Waals surface area contributed by atoms with Crippen molar-refractivity contribution >= 4 is 35.6 Å². The minimum absolute atomic E-state index is 0.195. The molecule has 2 atom stereocenters. The van der Waals surface area contributed by atoms with E-state index in [9.17, 15) is 24.0 Å². The molecule has 0 bridgehead atoms. The summed E-state index contributed by atoms with van der Waals surface area (Å²) in [4.78, 5) is 66.3. The lowest BCUT2D eigenvalue weighted by Gasteiger charge is -2.22. The van der Waals surface area contributed by atoms with Gasteiger partial charge in [-0.1, -0.05) is 0 Å². The monoisotopic (exact) mass is 449 g/mol. The number of hydrogen-bond acceptors (Lipinski definition) is 8. The average Bonchev–Trinajstić information content (AvgIpc) is 2.67. The Morgan fingerprint density at radius 3 is 1.81 bits per heavy atom. The van der Waals surface area contributed by atoms with Crippen molar-refractivity contribution in [1.82, 2.24) is 16.0 Å². The molecule has 3 amide bonds. The summed E-state index contributed by atoms with van der Waals surface area (Å²) in [6.07, 6.45) is 0.706. The van der Waals surface area contributed by atoms with Crippen LogP contribution in [0, 0.1) is 0 Å². The summed E-state index contributed by atoms with van der Waals surface area (Å²) in [6, 6.07) is -2.24. The van der Waals surface area contributed by atoms with E-state index < -0.39 is 60.8 Å². The molecular weight excluding hydrogens is 418 g/mol. The number of unbranched alkanes of at least 4 members (excludes halogenated alkanes) is 1. The molecule has 0 aliphatic rings. The van der Waals surface area contributed by atoms with Gasteiger partial charge in [0.1, 0.15) is 18.6 Å². The molecule has 0 rings (SSSR count). The number of carboxylic acids is 3. The van der Waals surface area contributed by atoms with Gasteiger partial charge in [0.05, 0.1) is 6.54 Å². The predicted molar refractivity (Wildman–Crippen MR) is 107 cm³/mol. The maximum atomic E-state index is 12.4. The van der Waals surface area contributed by atoms with Gasteiger partial charge in [-0.25, -0.2) is 0 Å². The van der Waals surface area contributed by atoms with Crippen LogP contribution in [0.4, 0.5) is 0 Å². The highest BCUT2D eigenvalue weighted by Crippen LogP contribution is 2.04. The van der Waals surface area contributed by atoms with Gasteiger partial charge in [-0.3, -0.25) is 28.8 Å². The van der Waals surface area contributed by atoms with Gasteiger partial charge in [-0.15, -0.1) is 0 Å². The lowest BCUT2D eigenvalue weighted by molar-refractivity contribution is -0.138. The SMILES string of the molecule is CC(=O)O.NCCCCC(NC(=O)C(CCC(=O)O)NC(=O)CN)C(=O)NCC(=O)O. The van der Waals surface area contributed by atoms with Crippen LogP contribution in [0.3, 0.4) is 0 Å². The second-order valence-electron chi connectivity index (χ2n) is 6.23. The third-order valence-corrected chi connectivity index (χ3v) is 3.48. The highest BCUT2D eigenvalue weighted by molar-refractivity contribution is 5.93. The summed E-state index contributed by atoms with van der Waals surface area (Å²) in [5, 5.41) is 31.7. The van der Waals surface area contributed by atoms with Gasteiger partial charge in [0.2, 0.25) is 17.7 Å². The Bertz CT molecular complexity index is 623. The third-order valence-electron chi connectivity index (χ3n) is 3.48. The number of rotatable bonds is 14. The van der Waals surface area contributed by atoms with Crippen molar-refractivity contribution in [3.05, 3.63) is 0 Å². The smallest absolute Gasteiger partial charge is 0.322 e. The molecule has 14 heteroatoms. The standard InChI is InChI=1S/C15H27N5O7.C2H4O2/c16-6-2-1-3-9(14(26)18-8-13(24)25)20-15(27)10(4-5-12(22)23)19-11(21)7-17;1-2(3)4/h9-10H,1-8,16-17H2,(H,18,26)(H,19,21)(H,20,27)(H,22,23)(H,24,25);1H3,(H,3,4). The topological polar surface area (TPSA) is 251 Å². The molecule has 10 N–H and O–H groups in total. The highest BCUT2D eigenvalue weighted by Gasteiger charge is 2.27. The van der Waals surface area contributed by atoms with Crippen molar-refractivity contribution in [2.75, 3.05) is 19.6 Å². The quantitative estimate of drug-likeness (QED) is 0.126. The molecule has 0 radical (unpaired) electrons. The Morgan fingerprint density at radius 2 is 1.35 bits per heavy atom. The lowest BCUT2D eigenvalue weighted by Crippen LogP contribution is -2.54. The van der Waals surface area contributed by atoms with Crippen LogP contribution in [0.25, 0.3) is 0 Å². The largest absolute Gasteiger partial charge is 0.481 e. The summed E-state index contributed by atoms with van der Waals surface area (Å²) in [5.41, 5.74) is 10.6. The van der Waals surface area contributed by atoms with E-state index in [0.717, 1.165) is 6.92 Å². The summed E-state index contributed by atoms with van der Waals surface area (Å²) >= 11 is 0. The zero-order valence-electron chi connectivity index (χ0n) is 17.3. The molecule has 31 heavy (non-hydrogen) atoms. The fourth-order valence-corrected chi connectivity index (χ4v) is 2.11. The van der Waals surface area contributed by atoms with Crippen molar-refractivity contribution in [3.8, 4) is 0 Å². The first-order chi connectivity index (χ1) is 14.4. The number of carboxylic acid groups (broad SMARTS) is 3. The van der Waals surface area contributed by atoms with E-state index in [2.05, 4.69) is 16.0 Å². The molecule has 0 spiro atoms. The van der Waals surface area contributed by atoms with Crippen LogP contribution in [-0.2, 0) is 28.8 Å². The van der Waals surface area contributed by atoms with Crippen LogP contribution in [0.5, 0.6) is 0 Å². The Balaban J connectivity index is 0. The van der Waals surface area contributed by atoms with Crippen molar-refractivity contribution in [2.24, 2.45) is 11.5 Å². The third kappa shape index (κ3) is 18.5. The van der Waals surface area contributed by atoms with E-state index in [-0.39, 0.29) is 19.3 Å². The van der Waals surface area contributed by atoms with Crippen molar-refractivity contribution in [2.45, 2.75) is 51.1 Å². The molecule has 2 unspecified atom stereocenters. The average molecular weight is 449 g/mol. The number of hydrogen-bond donors (Lipinski definition) is 8. The second-order valence-corrected chi connectivity index (χ2v) is 6.23. The van der Waals surface area contributed by atoms with E-state index in [1.807, 2.05) is 0 Å². The van der Waals surface area contributed by atoms with Gasteiger partial charge in [0.15, 0.2) is 0 Å². The Kier molecular flexibility index (Phi) is 17.0. The zero-order chi connectivity index (χ0) is 24.4. The summed E-state index contributed by atoms with van der Waals surface area (Å²) in [7, 11) is 0. The number of amides is 3. The molecule has 0 aliphatic heterocycles. The number of nitrogens with two attached hydrogens (primary N) is 2. The van der Waals surface area contributed by atoms with Crippen LogP contribution in [0.15, 0.2) is 0 Å². The van der Waals surface area contributed by atoms with Gasteiger partial charge >= 0.3 is 11.9 Å². The molecule has 0 fully saturated rings. The number of carbonyl (C=O) groups excluding carboxylic acids is 3. The van der Waals surface area contributed by atoms with E-state index in [4.69, 9.17) is 31.6 Å². The predicted octanol–water partition coefficient (Wildman–Crippen LogP) is -2.80. The van der Waals surface area contributed by atoms with Crippen molar-refractivity contribution < 1.29 is 44.1 Å². The van der Waals surface area contributed by atoms with Crippen molar-refractivity contribution in [1.29, 1.82) is 0 Å². The molecule has 0 saturated heterocycles. The van der Waals surface area contributed by atoms with Gasteiger partial charge in [-0.2, -0.15) is 0 Å². The normalized spacial score (nSPS) is 11.7. The molecule has 0 aromatic heterocycles. The maximum absolute atomic E-state index is 12.4. The Hall–Kier alpha value is -3.26. The van der Waals surface area contributed by atoms with E-state index in [0.29, 0.717) is 19.4 Å². The molecule has 14 nitrogen and oxygen atoms in total. The fourth-order valence-electron chi connectivity index (χ4n) is 2.11. The Labute approximate surface area is 178 Å². The molecule has 0 aliphatic carbocycles. The zero-order valence-corrected chi connectivity index (χ0v) is 17.3. The lowest BCUT2D eigenvalue weighted by atomic mass is 10.1. The molecule has 0 saturated carbocycles. The van der Waals surface area contributed by atoms with Crippen LogP contribution < -0.4 is 27.4 Å². The van der Waals surface area contributed by atoms with E-state index in [1.54, 1.807) is 0 Å². The van der Waals surface area contributed by atoms with Gasteiger partial charge < -0.3 is 42.7 Å². The van der Waals surface area contributed by atoms with Gasteiger partial charge in [-0.05, 0) is 32.2 Å². The molecule has 0 heterocycles. The first kappa shape index (κ1) is 29.9. The molecular formula is C17H31N5O9. The van der Waals surface area contributed by atoms with E-state index >= 15 is 0 Å². The minimum atomic E-state index is -1.25. The van der Waals surface area contributed by atoms with Gasteiger partial charge in [0.25, 0.3) is 5.97 Å². The number of carbonyl (C=O) groups is 6. The summed E-state index contributed by atoms with van der Waals surface area (Å²) in [6.45, 7) is 0.454. The second kappa shape index (κ2) is 17.6. The number of aliphatic carboxylic acids is 3. The first-order valence-corrected chi connectivity index (χ1v) is 9.35. The molecule has 178 valence electrons. The summed E-state index contributed by atoms with van der Waals surface area (Å²) in [5.74, 6) is -5.36. The van der Waals surface area contributed by atoms with Crippen LogP contribution >= 0.6 is 0 Å². The fraction of sp³-hybridized carbons (Fsp3) is 0.647. The first-order valence-electron chi connectivity index (χ1n) is 9.35. The highest BCUT2D eigenvalue weighted by atomic mass is 16.4. The molecule has 0 aromatic rings. The van der Waals surface area contributed by atoms with Crippen LogP contribution in [0.1, 0.15) is 39.0 Å². The Morgan fingerprint density at radius 1 is 0.806 bits per heavy atom. The maximum Gasteiger partial charge on any atom is 0.322 e. The van der Waals surface area contributed by atoms with Crippen molar-refractivity contribution in [3.63, 3.8) is 0 Å².